The molecule has 2 heterocycles. The highest BCUT2D eigenvalue weighted by Crippen LogP contribution is 2.35. The second-order valence-electron chi connectivity index (χ2n) is 5.05. The lowest BCUT2D eigenvalue weighted by Crippen LogP contribution is -2.25. The van der Waals surface area contributed by atoms with Crippen molar-refractivity contribution < 1.29 is 17.6 Å². The van der Waals surface area contributed by atoms with Gasteiger partial charge in [-0.2, -0.15) is 9.52 Å². The van der Waals surface area contributed by atoms with Crippen LogP contribution in [0.15, 0.2) is 52.2 Å². The molecule has 0 fully saturated rings. The van der Waals surface area contributed by atoms with Crippen LogP contribution >= 0.6 is 0 Å². The van der Waals surface area contributed by atoms with Crippen LogP contribution in [0.2, 0.25) is 0 Å². The van der Waals surface area contributed by atoms with Gasteiger partial charge in [0, 0.05) is 12.0 Å². The zero-order valence-corrected chi connectivity index (χ0v) is 13.1. The van der Waals surface area contributed by atoms with Gasteiger partial charge in [-0.25, -0.2) is 8.42 Å². The molecular weight excluding hydrogens is 304 g/mol. The van der Waals surface area contributed by atoms with Gasteiger partial charge in [0.1, 0.15) is 17.6 Å². The first kappa shape index (κ1) is 14.6. The zero-order valence-electron chi connectivity index (χ0n) is 12.3. The van der Waals surface area contributed by atoms with E-state index in [2.05, 4.69) is 5.10 Å². The highest BCUT2D eigenvalue weighted by Gasteiger charge is 2.36. The Balaban J connectivity index is 2.00. The molecule has 0 unspecified atom stereocenters. The van der Waals surface area contributed by atoms with Crippen LogP contribution in [-0.4, -0.2) is 31.9 Å². The largest absolute Gasteiger partial charge is 0.497 e. The van der Waals surface area contributed by atoms with E-state index in [4.69, 9.17) is 9.15 Å². The predicted octanol–water partition coefficient (Wildman–Crippen LogP) is 2.40. The van der Waals surface area contributed by atoms with E-state index in [0.29, 0.717) is 23.6 Å². The average Bonchev–Trinajstić information content (AvgIpc) is 3.15. The summed E-state index contributed by atoms with van der Waals surface area (Å²) in [6.07, 6.45) is 3.12. The Bertz CT molecular complexity index is 797. The average molecular weight is 320 g/mol. The third-order valence-corrected chi connectivity index (χ3v) is 4.50. The molecule has 2 aromatic rings. The lowest BCUT2D eigenvalue weighted by Gasteiger charge is -2.18. The smallest absolute Gasteiger partial charge is 0.247 e. The fourth-order valence-electron chi connectivity index (χ4n) is 2.46. The number of methoxy groups -OCH3 is 1. The molecule has 3 rings (SSSR count). The molecule has 1 aromatic carbocycles. The van der Waals surface area contributed by atoms with Crippen molar-refractivity contribution in [2.75, 3.05) is 13.4 Å². The number of nitrogens with zero attached hydrogens (tertiary/aromatic N) is 2. The number of hydrogen-bond donors (Lipinski definition) is 0. The van der Waals surface area contributed by atoms with Gasteiger partial charge >= 0.3 is 0 Å². The standard InChI is InChI=1S/C15H16N2O4S/c1-20-12-6-3-5-11(9-12)13-10-14(15-7-4-8-21-15)17(16-13)22(2,18)19/h3-9,14H,10H2,1-2H3/t14-/m0/s1. The molecule has 0 amide bonds. The Morgan fingerprint density at radius 1 is 1.32 bits per heavy atom. The fraction of sp³-hybridized carbons (Fsp3) is 0.267. The van der Waals surface area contributed by atoms with Crippen molar-refractivity contribution in [1.82, 2.24) is 4.41 Å². The van der Waals surface area contributed by atoms with E-state index < -0.39 is 16.1 Å². The van der Waals surface area contributed by atoms with Crippen molar-refractivity contribution in [1.29, 1.82) is 0 Å². The highest BCUT2D eigenvalue weighted by atomic mass is 32.2. The Hall–Kier alpha value is -2.28. The first-order chi connectivity index (χ1) is 10.5. The number of benzene rings is 1. The van der Waals surface area contributed by atoms with Crippen molar-refractivity contribution in [3.63, 3.8) is 0 Å². The Labute approximate surface area is 129 Å². The maximum atomic E-state index is 12.0. The topological polar surface area (TPSA) is 72.1 Å². The predicted molar refractivity (Wildman–Crippen MR) is 82.3 cm³/mol. The van der Waals surface area contributed by atoms with Crippen molar-refractivity contribution in [2.45, 2.75) is 12.5 Å². The van der Waals surface area contributed by atoms with Crippen LogP contribution in [0.1, 0.15) is 23.8 Å². The summed E-state index contributed by atoms with van der Waals surface area (Å²) in [5.74, 6) is 1.28. The molecule has 0 saturated carbocycles. The molecule has 1 aliphatic heterocycles. The van der Waals surface area contributed by atoms with E-state index in [1.165, 1.54) is 6.26 Å². The first-order valence-corrected chi connectivity index (χ1v) is 8.58. The summed E-state index contributed by atoms with van der Waals surface area (Å²) >= 11 is 0. The summed E-state index contributed by atoms with van der Waals surface area (Å²) in [6.45, 7) is 0. The number of furan rings is 1. The Morgan fingerprint density at radius 3 is 2.77 bits per heavy atom. The molecule has 1 aromatic heterocycles. The van der Waals surface area contributed by atoms with Gasteiger partial charge in [0.2, 0.25) is 10.0 Å². The minimum atomic E-state index is -3.48. The number of hydrazone groups is 1. The van der Waals surface area contributed by atoms with Gasteiger partial charge in [-0.05, 0) is 24.3 Å². The number of ether oxygens (including phenoxy) is 1. The zero-order chi connectivity index (χ0) is 15.7. The van der Waals surface area contributed by atoms with Gasteiger partial charge in [-0.3, -0.25) is 0 Å². The molecule has 0 bridgehead atoms. The van der Waals surface area contributed by atoms with Crippen LogP contribution in [0.4, 0.5) is 0 Å². The monoisotopic (exact) mass is 320 g/mol. The Kier molecular flexibility index (Phi) is 3.66. The lowest BCUT2D eigenvalue weighted by molar-refractivity contribution is 0.322. The van der Waals surface area contributed by atoms with Gasteiger partial charge in [-0.1, -0.05) is 12.1 Å². The molecule has 0 saturated heterocycles. The van der Waals surface area contributed by atoms with Crippen LogP contribution in [0.3, 0.4) is 0 Å². The summed E-state index contributed by atoms with van der Waals surface area (Å²) in [6, 6.07) is 10.4. The van der Waals surface area contributed by atoms with E-state index in [1.807, 2.05) is 24.3 Å². The molecule has 22 heavy (non-hydrogen) atoms. The van der Waals surface area contributed by atoms with Gasteiger partial charge in [0.15, 0.2) is 0 Å². The maximum absolute atomic E-state index is 12.0. The third-order valence-electron chi connectivity index (χ3n) is 3.49. The SMILES string of the molecule is COc1cccc(C2=NN(S(C)(=O)=O)[C@H](c3ccco3)C2)c1. The second-order valence-corrected chi connectivity index (χ2v) is 6.89. The molecule has 1 atom stereocenters. The summed E-state index contributed by atoms with van der Waals surface area (Å²) in [4.78, 5) is 0. The molecule has 0 N–H and O–H groups in total. The van der Waals surface area contributed by atoms with Crippen LogP contribution in [0, 0.1) is 0 Å². The lowest BCUT2D eigenvalue weighted by atomic mass is 10.0. The maximum Gasteiger partial charge on any atom is 0.247 e. The summed E-state index contributed by atoms with van der Waals surface area (Å²) < 4.78 is 35.7. The van der Waals surface area contributed by atoms with Crippen molar-refractivity contribution in [2.24, 2.45) is 5.10 Å². The molecule has 7 heteroatoms. The van der Waals surface area contributed by atoms with Crippen molar-refractivity contribution in [3.8, 4) is 5.75 Å². The molecule has 0 radical (unpaired) electrons. The van der Waals surface area contributed by atoms with Crippen molar-refractivity contribution >= 4 is 15.7 Å². The minimum absolute atomic E-state index is 0.452. The summed E-state index contributed by atoms with van der Waals surface area (Å²) in [5, 5.41) is 4.29. The van der Waals surface area contributed by atoms with Gasteiger partial charge in [0.25, 0.3) is 0 Å². The first-order valence-electron chi connectivity index (χ1n) is 6.74. The van der Waals surface area contributed by atoms with Crippen LogP contribution < -0.4 is 4.74 Å². The molecule has 6 nitrogen and oxygen atoms in total. The highest BCUT2D eigenvalue weighted by molar-refractivity contribution is 7.88. The molecule has 0 aliphatic carbocycles. The number of hydrogen-bond acceptors (Lipinski definition) is 5. The Morgan fingerprint density at radius 2 is 2.14 bits per heavy atom. The van der Waals surface area contributed by atoms with Gasteiger partial charge in [0.05, 0.1) is 25.3 Å². The van der Waals surface area contributed by atoms with Gasteiger partial charge < -0.3 is 9.15 Å². The van der Waals surface area contributed by atoms with E-state index in [1.54, 1.807) is 19.2 Å². The van der Waals surface area contributed by atoms with Crippen LogP contribution in [0.5, 0.6) is 5.75 Å². The van der Waals surface area contributed by atoms with Gasteiger partial charge in [-0.15, -0.1) is 0 Å². The number of sulfonamides is 1. The fourth-order valence-corrected chi connectivity index (χ4v) is 3.35. The van der Waals surface area contributed by atoms with Crippen LogP contribution in [-0.2, 0) is 10.0 Å². The summed E-state index contributed by atoms with van der Waals surface area (Å²) in [7, 11) is -1.89. The molecular formula is C15H16N2O4S. The van der Waals surface area contributed by atoms with E-state index in [0.717, 1.165) is 16.2 Å². The third kappa shape index (κ3) is 2.71. The molecule has 116 valence electrons. The van der Waals surface area contributed by atoms with E-state index in [9.17, 15) is 8.42 Å². The summed E-state index contributed by atoms with van der Waals surface area (Å²) in [5.41, 5.74) is 1.52. The second kappa shape index (κ2) is 5.49. The molecule has 0 spiro atoms. The van der Waals surface area contributed by atoms with Crippen LogP contribution in [0.25, 0.3) is 0 Å². The number of rotatable bonds is 4. The normalized spacial score (nSPS) is 18.4. The van der Waals surface area contributed by atoms with E-state index >= 15 is 0 Å². The quantitative estimate of drug-likeness (QED) is 0.867. The van der Waals surface area contributed by atoms with Crippen molar-refractivity contribution in [3.05, 3.63) is 54.0 Å². The minimum Gasteiger partial charge on any atom is -0.497 e. The molecule has 1 aliphatic rings. The van der Waals surface area contributed by atoms with E-state index in [-0.39, 0.29) is 0 Å².